The Bertz CT molecular complexity index is 1060. The van der Waals surface area contributed by atoms with Gasteiger partial charge in [0.1, 0.15) is 11.6 Å². The highest BCUT2D eigenvalue weighted by Crippen LogP contribution is 2.20. The predicted octanol–water partition coefficient (Wildman–Crippen LogP) is 3.53. The summed E-state index contributed by atoms with van der Waals surface area (Å²) in [5, 5.41) is 12.0. The molecule has 1 amide bonds. The minimum Gasteiger partial charge on any atom is -0.380 e. The van der Waals surface area contributed by atoms with E-state index in [0.717, 1.165) is 11.6 Å². The van der Waals surface area contributed by atoms with Crippen LogP contribution in [-0.2, 0) is 13.0 Å². The number of carbonyl (C=O) groups excluding carboxylic acids is 1. The van der Waals surface area contributed by atoms with E-state index in [9.17, 15) is 13.6 Å². The Morgan fingerprint density at radius 2 is 1.86 bits per heavy atom. The Hall–Kier alpha value is -3.79. The summed E-state index contributed by atoms with van der Waals surface area (Å²) in [6.45, 7) is 0.0995. The van der Waals surface area contributed by atoms with E-state index in [2.05, 4.69) is 16.4 Å². The number of hydrogen-bond acceptors (Lipinski definition) is 4. The van der Waals surface area contributed by atoms with Crippen LogP contribution in [0.25, 0.3) is 0 Å². The lowest BCUT2D eigenvalue weighted by Gasteiger charge is -2.12. The minimum atomic E-state index is -0.681. The van der Waals surface area contributed by atoms with Crippen molar-refractivity contribution >= 4 is 11.6 Å². The fourth-order valence-electron chi connectivity index (χ4n) is 2.81. The maximum atomic E-state index is 13.4. The number of anilines is 1. The van der Waals surface area contributed by atoms with Gasteiger partial charge in [0.05, 0.1) is 22.9 Å². The molecule has 3 N–H and O–H groups in total. The first kappa shape index (κ1) is 19.0. The van der Waals surface area contributed by atoms with Gasteiger partial charge in [-0.2, -0.15) is 5.26 Å². The maximum absolute atomic E-state index is 13.4. The molecule has 3 rings (SSSR count). The minimum absolute atomic E-state index is 0.0995. The lowest BCUT2D eigenvalue weighted by atomic mass is 10.1. The predicted molar refractivity (Wildman–Crippen MR) is 100 cm³/mol. The molecule has 2 aromatic carbocycles. The van der Waals surface area contributed by atoms with E-state index in [1.807, 2.05) is 6.07 Å². The van der Waals surface area contributed by atoms with Crippen molar-refractivity contribution in [3.8, 4) is 6.07 Å². The van der Waals surface area contributed by atoms with Gasteiger partial charge in [0, 0.05) is 30.9 Å². The van der Waals surface area contributed by atoms with Crippen LogP contribution in [0.4, 0.5) is 14.5 Å². The highest BCUT2D eigenvalue weighted by Gasteiger charge is 2.11. The molecule has 1 heterocycles. The Kier molecular flexibility index (Phi) is 5.61. The SMILES string of the molecule is N#Cc1cccc(Cc2cc(NCc3cc(F)cc(F)c3)c(C(N)=O)cn2)c1. The van der Waals surface area contributed by atoms with Crippen LogP contribution in [-0.4, -0.2) is 10.9 Å². The van der Waals surface area contributed by atoms with Gasteiger partial charge in [0.15, 0.2) is 0 Å². The Balaban J connectivity index is 1.85. The van der Waals surface area contributed by atoms with Gasteiger partial charge in [0.2, 0.25) is 0 Å². The Labute approximate surface area is 160 Å². The molecule has 0 spiro atoms. The molecule has 28 heavy (non-hydrogen) atoms. The molecule has 0 atom stereocenters. The van der Waals surface area contributed by atoms with Crippen LogP contribution in [0.3, 0.4) is 0 Å². The summed E-state index contributed by atoms with van der Waals surface area (Å²) >= 11 is 0. The fraction of sp³-hybridized carbons (Fsp3) is 0.0952. The number of benzene rings is 2. The van der Waals surface area contributed by atoms with Gasteiger partial charge < -0.3 is 11.1 Å². The maximum Gasteiger partial charge on any atom is 0.252 e. The van der Waals surface area contributed by atoms with Crippen molar-refractivity contribution in [1.82, 2.24) is 4.98 Å². The zero-order chi connectivity index (χ0) is 20.1. The molecule has 1 aromatic heterocycles. The summed E-state index contributed by atoms with van der Waals surface area (Å²) in [6, 6.07) is 14.1. The first-order valence-corrected chi connectivity index (χ1v) is 8.41. The van der Waals surface area contributed by atoms with E-state index in [1.54, 1.807) is 24.3 Å². The molecule has 0 saturated carbocycles. The van der Waals surface area contributed by atoms with Crippen LogP contribution in [0.15, 0.2) is 54.7 Å². The van der Waals surface area contributed by atoms with E-state index >= 15 is 0 Å². The molecule has 0 saturated heterocycles. The van der Waals surface area contributed by atoms with E-state index in [1.165, 1.54) is 18.3 Å². The average molecular weight is 378 g/mol. The van der Waals surface area contributed by atoms with Crippen molar-refractivity contribution in [2.75, 3.05) is 5.32 Å². The highest BCUT2D eigenvalue weighted by molar-refractivity contribution is 5.98. The quantitative estimate of drug-likeness (QED) is 0.686. The number of primary amides is 1. The monoisotopic (exact) mass is 378 g/mol. The lowest BCUT2D eigenvalue weighted by molar-refractivity contribution is 0.100. The smallest absolute Gasteiger partial charge is 0.252 e. The number of rotatable bonds is 6. The van der Waals surface area contributed by atoms with Crippen LogP contribution in [0.5, 0.6) is 0 Å². The zero-order valence-corrected chi connectivity index (χ0v) is 14.7. The molecule has 7 heteroatoms. The second kappa shape index (κ2) is 8.27. The number of nitriles is 1. The van der Waals surface area contributed by atoms with Crippen molar-refractivity contribution in [3.63, 3.8) is 0 Å². The van der Waals surface area contributed by atoms with Crippen LogP contribution in [0, 0.1) is 23.0 Å². The van der Waals surface area contributed by atoms with Crippen LogP contribution < -0.4 is 11.1 Å². The average Bonchev–Trinajstić information content (AvgIpc) is 2.65. The number of nitrogens with two attached hydrogens (primary N) is 1. The fourth-order valence-corrected chi connectivity index (χ4v) is 2.81. The molecule has 0 unspecified atom stereocenters. The molecule has 5 nitrogen and oxygen atoms in total. The molecule has 140 valence electrons. The normalized spacial score (nSPS) is 10.3. The number of halogens is 2. The lowest BCUT2D eigenvalue weighted by Crippen LogP contribution is -2.15. The number of nitrogens with one attached hydrogen (secondary N) is 1. The summed E-state index contributed by atoms with van der Waals surface area (Å²) in [5.74, 6) is -2.03. The van der Waals surface area contributed by atoms with Crippen molar-refractivity contribution in [1.29, 1.82) is 5.26 Å². The molecular formula is C21H16F2N4O. The van der Waals surface area contributed by atoms with Crippen LogP contribution >= 0.6 is 0 Å². The number of nitrogens with zero attached hydrogens (tertiary/aromatic N) is 2. The number of pyridine rings is 1. The first-order valence-electron chi connectivity index (χ1n) is 8.41. The second-order valence-electron chi connectivity index (χ2n) is 6.21. The zero-order valence-electron chi connectivity index (χ0n) is 14.7. The summed E-state index contributed by atoms with van der Waals surface area (Å²) < 4.78 is 26.7. The van der Waals surface area contributed by atoms with Gasteiger partial charge >= 0.3 is 0 Å². The van der Waals surface area contributed by atoms with Gasteiger partial charge in [-0.15, -0.1) is 0 Å². The number of carbonyl (C=O) groups is 1. The van der Waals surface area contributed by atoms with E-state index < -0.39 is 17.5 Å². The second-order valence-corrected chi connectivity index (χ2v) is 6.21. The van der Waals surface area contributed by atoms with E-state index in [4.69, 9.17) is 11.0 Å². The summed E-state index contributed by atoms with van der Waals surface area (Å²) in [4.78, 5) is 15.9. The molecule has 0 aliphatic carbocycles. The molecule has 3 aromatic rings. The highest BCUT2D eigenvalue weighted by atomic mass is 19.1. The Morgan fingerprint density at radius 3 is 2.54 bits per heavy atom. The molecule has 0 radical (unpaired) electrons. The number of amides is 1. The van der Waals surface area contributed by atoms with Crippen LogP contribution in [0.1, 0.15) is 32.7 Å². The first-order chi connectivity index (χ1) is 13.4. The van der Waals surface area contributed by atoms with Gasteiger partial charge in [-0.25, -0.2) is 8.78 Å². The van der Waals surface area contributed by atoms with Gasteiger partial charge in [-0.3, -0.25) is 9.78 Å². The van der Waals surface area contributed by atoms with Gasteiger partial charge in [-0.05, 0) is 41.5 Å². The largest absolute Gasteiger partial charge is 0.380 e. The van der Waals surface area contributed by atoms with E-state index in [0.29, 0.717) is 28.9 Å². The molecular weight excluding hydrogens is 362 g/mol. The van der Waals surface area contributed by atoms with Crippen molar-refractivity contribution in [2.45, 2.75) is 13.0 Å². The molecule has 0 bridgehead atoms. The standard InChI is InChI=1S/C21H16F2N4O/c22-16-5-15(6-17(23)8-16)11-27-20-9-18(26-12-19(20)21(25)28)7-13-2-1-3-14(4-13)10-24/h1-6,8-9,12H,7,11H2,(H2,25,28)(H,26,27). The third-order valence-electron chi connectivity index (χ3n) is 4.07. The topological polar surface area (TPSA) is 91.8 Å². The summed E-state index contributed by atoms with van der Waals surface area (Å²) in [7, 11) is 0. The third-order valence-corrected chi connectivity index (χ3v) is 4.07. The molecule has 0 aliphatic heterocycles. The summed E-state index contributed by atoms with van der Waals surface area (Å²) in [6.07, 6.45) is 1.80. The van der Waals surface area contributed by atoms with Crippen LogP contribution in [0.2, 0.25) is 0 Å². The number of aromatic nitrogens is 1. The van der Waals surface area contributed by atoms with Crippen molar-refractivity contribution < 1.29 is 13.6 Å². The van der Waals surface area contributed by atoms with Gasteiger partial charge in [0.25, 0.3) is 5.91 Å². The molecule has 0 fully saturated rings. The van der Waals surface area contributed by atoms with E-state index in [-0.39, 0.29) is 12.1 Å². The third kappa shape index (κ3) is 4.68. The molecule has 0 aliphatic rings. The van der Waals surface area contributed by atoms with Crippen molar-refractivity contribution in [2.24, 2.45) is 5.73 Å². The number of hydrogen-bond donors (Lipinski definition) is 2. The van der Waals surface area contributed by atoms with Gasteiger partial charge in [-0.1, -0.05) is 12.1 Å². The summed E-state index contributed by atoms with van der Waals surface area (Å²) in [5.41, 5.74) is 8.44. The Morgan fingerprint density at radius 1 is 1.11 bits per heavy atom. The van der Waals surface area contributed by atoms with Crippen molar-refractivity contribution in [3.05, 3.63) is 94.3 Å².